The van der Waals surface area contributed by atoms with Crippen LogP contribution in [0.5, 0.6) is 5.75 Å². The highest BCUT2D eigenvalue weighted by Crippen LogP contribution is 2.25. The minimum absolute atomic E-state index is 0.138. The highest BCUT2D eigenvalue weighted by atomic mass is 32.2. The Bertz CT molecular complexity index is 1640. The number of aromatic nitrogens is 4. The first-order valence-electron chi connectivity index (χ1n) is 11.5. The summed E-state index contributed by atoms with van der Waals surface area (Å²) in [4.78, 5) is 26.2. The predicted molar refractivity (Wildman–Crippen MR) is 143 cm³/mol. The van der Waals surface area contributed by atoms with Crippen molar-refractivity contribution in [2.75, 3.05) is 18.2 Å². The molecule has 3 aromatic carbocycles. The third kappa shape index (κ3) is 4.45. The molecular formula is C27H25N5O3S. The number of benzene rings is 3. The fraction of sp³-hybridized carbons (Fsp3) is 0.185. The van der Waals surface area contributed by atoms with Crippen molar-refractivity contribution in [1.82, 2.24) is 19.2 Å². The van der Waals surface area contributed by atoms with Gasteiger partial charge in [0.1, 0.15) is 5.75 Å². The van der Waals surface area contributed by atoms with Crippen LogP contribution in [0, 0.1) is 0 Å². The highest BCUT2D eigenvalue weighted by Gasteiger charge is 2.19. The van der Waals surface area contributed by atoms with Crippen LogP contribution in [0.3, 0.4) is 0 Å². The maximum atomic E-state index is 13.5. The van der Waals surface area contributed by atoms with Gasteiger partial charge in [0.2, 0.25) is 11.7 Å². The molecule has 2 aromatic heterocycles. The van der Waals surface area contributed by atoms with E-state index in [1.54, 1.807) is 19.2 Å². The smallest absolute Gasteiger partial charge is 0.267 e. The molecule has 9 heteroatoms. The molecule has 2 heterocycles. The Kier molecular flexibility index (Phi) is 6.47. The number of carbonyl (C=O) groups is 1. The van der Waals surface area contributed by atoms with E-state index in [0.717, 1.165) is 11.3 Å². The van der Waals surface area contributed by atoms with Gasteiger partial charge in [0.15, 0.2) is 5.16 Å². The topological polar surface area (TPSA) is 90.5 Å². The zero-order chi connectivity index (χ0) is 25.2. The van der Waals surface area contributed by atoms with Crippen molar-refractivity contribution in [3.8, 4) is 11.4 Å². The SMILES string of the molecule is COc1cccc(-n2c(=O)c3ccccc3n3c(SCC(=O)Nc4cccc(C(C)C)c4)nnc23)c1. The molecule has 0 fully saturated rings. The number of carbonyl (C=O) groups excluding carboxylic acids is 1. The van der Waals surface area contributed by atoms with E-state index in [0.29, 0.717) is 39.2 Å². The van der Waals surface area contributed by atoms with E-state index in [4.69, 9.17) is 4.74 Å². The van der Waals surface area contributed by atoms with E-state index in [2.05, 4.69) is 29.4 Å². The Morgan fingerprint density at radius 3 is 2.64 bits per heavy atom. The second-order valence-electron chi connectivity index (χ2n) is 8.59. The molecule has 0 atom stereocenters. The summed E-state index contributed by atoms with van der Waals surface area (Å²) in [6.45, 7) is 4.23. The molecule has 5 rings (SSSR count). The van der Waals surface area contributed by atoms with Crippen LogP contribution < -0.4 is 15.6 Å². The molecule has 36 heavy (non-hydrogen) atoms. The van der Waals surface area contributed by atoms with Gasteiger partial charge in [-0.1, -0.05) is 55.9 Å². The largest absolute Gasteiger partial charge is 0.497 e. The van der Waals surface area contributed by atoms with Gasteiger partial charge in [-0.25, -0.2) is 4.57 Å². The van der Waals surface area contributed by atoms with Crippen LogP contribution in [0.2, 0.25) is 0 Å². The van der Waals surface area contributed by atoms with Gasteiger partial charge in [0.05, 0.1) is 29.5 Å². The molecule has 0 bridgehead atoms. The molecule has 0 spiro atoms. The van der Waals surface area contributed by atoms with E-state index in [1.807, 2.05) is 65.1 Å². The number of methoxy groups -OCH3 is 1. The standard InChI is InChI=1S/C27H25N5O3S/c1-17(2)18-8-6-9-19(14-18)28-24(33)16-36-27-30-29-26-31(20-10-7-11-21(15-20)35-3)25(34)22-12-4-5-13-23(22)32(26)27/h4-15,17H,16H2,1-3H3,(H,28,33). The predicted octanol–water partition coefficient (Wildman–Crippen LogP) is 4.90. The maximum absolute atomic E-state index is 13.5. The molecule has 0 aliphatic heterocycles. The zero-order valence-corrected chi connectivity index (χ0v) is 21.0. The Balaban J connectivity index is 1.51. The molecule has 1 amide bonds. The first-order valence-corrected chi connectivity index (χ1v) is 12.5. The number of para-hydroxylation sites is 1. The molecule has 0 unspecified atom stereocenters. The molecule has 0 aliphatic rings. The average molecular weight is 500 g/mol. The van der Waals surface area contributed by atoms with Crippen molar-refractivity contribution in [3.05, 3.63) is 88.7 Å². The van der Waals surface area contributed by atoms with Gasteiger partial charge in [-0.3, -0.25) is 14.0 Å². The van der Waals surface area contributed by atoms with Crippen LogP contribution in [-0.4, -0.2) is 37.9 Å². The number of nitrogens with zero attached hydrogens (tertiary/aromatic N) is 4. The lowest BCUT2D eigenvalue weighted by molar-refractivity contribution is -0.113. The van der Waals surface area contributed by atoms with Gasteiger partial charge in [-0.2, -0.15) is 0 Å². The average Bonchev–Trinajstić information content (AvgIpc) is 3.31. The number of anilines is 1. The van der Waals surface area contributed by atoms with E-state index in [-0.39, 0.29) is 17.2 Å². The van der Waals surface area contributed by atoms with E-state index in [9.17, 15) is 9.59 Å². The molecule has 182 valence electrons. The van der Waals surface area contributed by atoms with E-state index >= 15 is 0 Å². The molecule has 0 saturated carbocycles. The molecular weight excluding hydrogens is 474 g/mol. The summed E-state index contributed by atoms with van der Waals surface area (Å²) >= 11 is 1.26. The van der Waals surface area contributed by atoms with Crippen LogP contribution in [-0.2, 0) is 4.79 Å². The zero-order valence-electron chi connectivity index (χ0n) is 20.1. The summed E-state index contributed by atoms with van der Waals surface area (Å²) in [5.74, 6) is 1.34. The Hall–Kier alpha value is -4.11. The van der Waals surface area contributed by atoms with Gasteiger partial charge < -0.3 is 10.1 Å². The summed E-state index contributed by atoms with van der Waals surface area (Å²) in [5.41, 5.74) is 3.00. The Morgan fingerprint density at radius 1 is 1.03 bits per heavy atom. The number of fused-ring (bicyclic) bond motifs is 3. The summed E-state index contributed by atoms with van der Waals surface area (Å²) in [6.07, 6.45) is 0. The number of ether oxygens (including phenoxy) is 1. The number of hydrogen-bond donors (Lipinski definition) is 1. The minimum atomic E-state index is -0.210. The second kappa shape index (κ2) is 9.87. The van der Waals surface area contributed by atoms with Gasteiger partial charge in [-0.05, 0) is 47.9 Å². The molecule has 0 radical (unpaired) electrons. The van der Waals surface area contributed by atoms with Crippen molar-refractivity contribution in [3.63, 3.8) is 0 Å². The van der Waals surface area contributed by atoms with Crippen LogP contribution in [0.1, 0.15) is 25.3 Å². The van der Waals surface area contributed by atoms with Crippen LogP contribution >= 0.6 is 11.8 Å². The van der Waals surface area contributed by atoms with Crippen molar-refractivity contribution in [2.24, 2.45) is 0 Å². The lowest BCUT2D eigenvalue weighted by atomic mass is 10.0. The number of nitrogens with one attached hydrogen (secondary N) is 1. The fourth-order valence-corrected chi connectivity index (χ4v) is 4.80. The third-order valence-electron chi connectivity index (χ3n) is 5.88. The van der Waals surface area contributed by atoms with Crippen molar-refractivity contribution in [1.29, 1.82) is 0 Å². The Labute approximate surface area is 211 Å². The monoisotopic (exact) mass is 499 g/mol. The molecule has 8 nitrogen and oxygen atoms in total. The molecule has 5 aromatic rings. The highest BCUT2D eigenvalue weighted by molar-refractivity contribution is 7.99. The fourth-order valence-electron chi connectivity index (χ4n) is 4.06. The summed E-state index contributed by atoms with van der Waals surface area (Å²) < 4.78 is 8.67. The first kappa shape index (κ1) is 23.6. The second-order valence-corrected chi connectivity index (χ2v) is 9.54. The minimum Gasteiger partial charge on any atom is -0.497 e. The van der Waals surface area contributed by atoms with E-state index < -0.39 is 0 Å². The Morgan fingerprint density at radius 2 is 1.83 bits per heavy atom. The molecule has 0 aliphatic carbocycles. The number of hydrogen-bond acceptors (Lipinski definition) is 6. The van der Waals surface area contributed by atoms with Crippen LogP contribution in [0.4, 0.5) is 5.69 Å². The number of thioether (sulfide) groups is 1. The maximum Gasteiger partial charge on any atom is 0.267 e. The quantitative estimate of drug-likeness (QED) is 0.321. The van der Waals surface area contributed by atoms with Gasteiger partial charge in [0, 0.05) is 11.8 Å². The van der Waals surface area contributed by atoms with Crippen LogP contribution in [0.15, 0.2) is 82.7 Å². The van der Waals surface area contributed by atoms with Crippen molar-refractivity contribution in [2.45, 2.75) is 24.9 Å². The van der Waals surface area contributed by atoms with Gasteiger partial charge in [-0.15, -0.1) is 10.2 Å². The molecule has 1 N–H and O–H groups in total. The van der Waals surface area contributed by atoms with Crippen LogP contribution in [0.25, 0.3) is 22.4 Å². The number of rotatable bonds is 7. The summed E-state index contributed by atoms with van der Waals surface area (Å²) in [6, 6.07) is 22.4. The van der Waals surface area contributed by atoms with Gasteiger partial charge >= 0.3 is 0 Å². The van der Waals surface area contributed by atoms with Crippen molar-refractivity contribution < 1.29 is 9.53 Å². The first-order chi connectivity index (χ1) is 17.5. The molecule has 0 saturated heterocycles. The summed E-state index contributed by atoms with van der Waals surface area (Å²) in [5, 5.41) is 12.7. The van der Waals surface area contributed by atoms with E-state index in [1.165, 1.54) is 16.3 Å². The van der Waals surface area contributed by atoms with Crippen molar-refractivity contribution >= 4 is 40.0 Å². The number of amides is 1. The lowest BCUT2D eigenvalue weighted by Gasteiger charge is -2.12. The lowest BCUT2D eigenvalue weighted by Crippen LogP contribution is -2.22. The third-order valence-corrected chi connectivity index (χ3v) is 6.80. The normalized spacial score (nSPS) is 11.3. The summed E-state index contributed by atoms with van der Waals surface area (Å²) in [7, 11) is 1.58. The van der Waals surface area contributed by atoms with Gasteiger partial charge in [0.25, 0.3) is 5.56 Å².